The average Bonchev–Trinajstić information content (AvgIpc) is 2.75. The summed E-state index contributed by atoms with van der Waals surface area (Å²) in [4.78, 5) is 12.6. The van der Waals surface area contributed by atoms with Gasteiger partial charge in [0.15, 0.2) is 17.5 Å². The molecule has 0 atom stereocenters. The van der Waals surface area contributed by atoms with E-state index in [1.165, 1.54) is 11.3 Å². The molecule has 0 aliphatic rings. The molecule has 5 nitrogen and oxygen atoms in total. The fourth-order valence-corrected chi connectivity index (χ4v) is 1.64. The topological polar surface area (TPSA) is 76.7 Å². The second kappa shape index (κ2) is 3.87. The SMILES string of the molecule is Cc1nc(-c2cncs2)nc(NN)c1F. The van der Waals surface area contributed by atoms with Gasteiger partial charge in [-0.2, -0.15) is 0 Å². The third-order valence-electron chi connectivity index (χ3n) is 1.81. The maximum atomic E-state index is 13.3. The molecule has 0 amide bonds. The van der Waals surface area contributed by atoms with Gasteiger partial charge in [0.1, 0.15) is 0 Å². The van der Waals surface area contributed by atoms with Crippen LogP contribution in [0.3, 0.4) is 0 Å². The molecule has 0 saturated carbocycles. The molecule has 78 valence electrons. The van der Waals surface area contributed by atoms with Crippen LogP contribution in [0.5, 0.6) is 0 Å². The molecular weight excluding hydrogens is 217 g/mol. The van der Waals surface area contributed by atoms with Crippen molar-refractivity contribution in [2.75, 3.05) is 5.43 Å². The van der Waals surface area contributed by atoms with Gasteiger partial charge in [-0.15, -0.1) is 11.3 Å². The molecule has 0 saturated heterocycles. The van der Waals surface area contributed by atoms with Crippen LogP contribution in [0.4, 0.5) is 10.2 Å². The Hall–Kier alpha value is -1.60. The van der Waals surface area contributed by atoms with Gasteiger partial charge < -0.3 is 5.43 Å². The molecule has 0 aliphatic carbocycles. The summed E-state index contributed by atoms with van der Waals surface area (Å²) in [7, 11) is 0. The fourth-order valence-electron chi connectivity index (χ4n) is 1.09. The van der Waals surface area contributed by atoms with E-state index in [1.807, 2.05) is 0 Å². The number of nitrogen functional groups attached to an aromatic ring is 1. The van der Waals surface area contributed by atoms with Gasteiger partial charge in [-0.05, 0) is 6.92 Å². The van der Waals surface area contributed by atoms with Crippen LogP contribution < -0.4 is 11.3 Å². The number of aryl methyl sites for hydroxylation is 1. The van der Waals surface area contributed by atoms with Gasteiger partial charge in [-0.1, -0.05) is 0 Å². The van der Waals surface area contributed by atoms with E-state index in [1.54, 1.807) is 18.6 Å². The standard InChI is InChI=1S/C8H8FN5S/c1-4-6(9)8(14-10)13-7(12-4)5-2-11-3-15-5/h2-3H,10H2,1H3,(H,12,13,14). The molecule has 2 heterocycles. The Morgan fingerprint density at radius 2 is 2.27 bits per heavy atom. The molecule has 0 aliphatic heterocycles. The van der Waals surface area contributed by atoms with E-state index in [0.29, 0.717) is 5.82 Å². The van der Waals surface area contributed by atoms with Crippen molar-refractivity contribution in [3.63, 3.8) is 0 Å². The number of nitrogens with two attached hydrogens (primary N) is 1. The predicted octanol–water partition coefficient (Wildman–Crippen LogP) is 1.33. The van der Waals surface area contributed by atoms with Crippen molar-refractivity contribution in [2.45, 2.75) is 6.92 Å². The number of nitrogens with one attached hydrogen (secondary N) is 1. The zero-order valence-electron chi connectivity index (χ0n) is 7.86. The molecule has 15 heavy (non-hydrogen) atoms. The van der Waals surface area contributed by atoms with E-state index >= 15 is 0 Å². The van der Waals surface area contributed by atoms with E-state index in [0.717, 1.165) is 4.88 Å². The van der Waals surface area contributed by atoms with Crippen LogP contribution in [0, 0.1) is 12.7 Å². The summed E-state index contributed by atoms with van der Waals surface area (Å²) >= 11 is 1.38. The highest BCUT2D eigenvalue weighted by Gasteiger charge is 2.12. The first-order valence-electron chi connectivity index (χ1n) is 4.12. The molecule has 2 aromatic rings. The van der Waals surface area contributed by atoms with Crippen molar-refractivity contribution in [2.24, 2.45) is 5.84 Å². The first kappa shape index (κ1) is 9.94. The number of hydrazine groups is 1. The Morgan fingerprint density at radius 1 is 1.47 bits per heavy atom. The summed E-state index contributed by atoms with van der Waals surface area (Å²) < 4.78 is 13.3. The fraction of sp³-hybridized carbons (Fsp3) is 0.125. The van der Waals surface area contributed by atoms with Crippen molar-refractivity contribution in [1.29, 1.82) is 0 Å². The third-order valence-corrected chi connectivity index (χ3v) is 2.58. The number of rotatable bonds is 2. The summed E-state index contributed by atoms with van der Waals surface area (Å²) in [6, 6.07) is 0. The molecular formula is C8H8FN5S. The lowest BCUT2D eigenvalue weighted by atomic mass is 10.3. The minimum Gasteiger partial charge on any atom is -0.306 e. The number of aromatic nitrogens is 3. The van der Waals surface area contributed by atoms with Gasteiger partial charge in [0.05, 0.1) is 16.1 Å². The normalized spacial score (nSPS) is 10.3. The van der Waals surface area contributed by atoms with Crippen molar-refractivity contribution in [3.8, 4) is 10.7 Å². The van der Waals surface area contributed by atoms with Crippen LogP contribution in [0.2, 0.25) is 0 Å². The van der Waals surface area contributed by atoms with Crippen LogP contribution in [0.25, 0.3) is 10.7 Å². The van der Waals surface area contributed by atoms with Crippen LogP contribution in [0.15, 0.2) is 11.7 Å². The first-order chi connectivity index (χ1) is 7.22. The molecule has 0 radical (unpaired) electrons. The maximum Gasteiger partial charge on any atom is 0.187 e. The van der Waals surface area contributed by atoms with Crippen LogP contribution in [-0.2, 0) is 0 Å². The van der Waals surface area contributed by atoms with Gasteiger partial charge in [0.25, 0.3) is 0 Å². The predicted molar refractivity (Wildman–Crippen MR) is 55.6 cm³/mol. The zero-order chi connectivity index (χ0) is 10.8. The Morgan fingerprint density at radius 3 is 2.87 bits per heavy atom. The highest BCUT2D eigenvalue weighted by Crippen LogP contribution is 2.22. The Kier molecular flexibility index (Phi) is 2.57. The second-order valence-electron chi connectivity index (χ2n) is 2.81. The van der Waals surface area contributed by atoms with Crippen molar-refractivity contribution < 1.29 is 4.39 Å². The minimum absolute atomic E-state index is 0.00843. The lowest BCUT2D eigenvalue weighted by molar-refractivity contribution is 0.606. The highest BCUT2D eigenvalue weighted by atomic mass is 32.1. The van der Waals surface area contributed by atoms with Gasteiger partial charge in [0, 0.05) is 6.20 Å². The summed E-state index contributed by atoms with van der Waals surface area (Å²) in [6.07, 6.45) is 1.62. The summed E-state index contributed by atoms with van der Waals surface area (Å²) in [5.74, 6) is 5.03. The van der Waals surface area contributed by atoms with Crippen molar-refractivity contribution in [1.82, 2.24) is 15.0 Å². The monoisotopic (exact) mass is 225 g/mol. The largest absolute Gasteiger partial charge is 0.306 e. The van der Waals surface area contributed by atoms with E-state index in [-0.39, 0.29) is 11.5 Å². The minimum atomic E-state index is -0.536. The van der Waals surface area contributed by atoms with Crippen molar-refractivity contribution >= 4 is 17.2 Å². The Balaban J connectivity index is 2.55. The maximum absolute atomic E-state index is 13.3. The van der Waals surface area contributed by atoms with E-state index in [9.17, 15) is 4.39 Å². The van der Waals surface area contributed by atoms with Gasteiger partial charge >= 0.3 is 0 Å². The number of anilines is 1. The van der Waals surface area contributed by atoms with Crippen LogP contribution in [0.1, 0.15) is 5.69 Å². The zero-order valence-corrected chi connectivity index (χ0v) is 8.68. The van der Waals surface area contributed by atoms with Gasteiger partial charge in [0.2, 0.25) is 0 Å². The quantitative estimate of drug-likeness (QED) is 0.595. The Bertz CT molecular complexity index is 470. The van der Waals surface area contributed by atoms with Gasteiger partial charge in [-0.25, -0.2) is 20.2 Å². The Labute approximate surface area is 89.2 Å². The summed E-state index contributed by atoms with van der Waals surface area (Å²) in [5.41, 5.74) is 4.11. The molecule has 0 bridgehead atoms. The number of halogens is 1. The van der Waals surface area contributed by atoms with E-state index < -0.39 is 5.82 Å². The molecule has 0 spiro atoms. The number of hydrogen-bond donors (Lipinski definition) is 2. The van der Waals surface area contributed by atoms with E-state index in [4.69, 9.17) is 5.84 Å². The first-order valence-corrected chi connectivity index (χ1v) is 5.00. The number of thiazole rings is 1. The highest BCUT2D eigenvalue weighted by molar-refractivity contribution is 7.13. The molecule has 7 heteroatoms. The number of nitrogens with zero attached hydrogens (tertiary/aromatic N) is 3. The lowest BCUT2D eigenvalue weighted by Crippen LogP contribution is -2.12. The van der Waals surface area contributed by atoms with Crippen LogP contribution >= 0.6 is 11.3 Å². The average molecular weight is 225 g/mol. The molecule has 3 N–H and O–H groups in total. The molecule has 2 aromatic heterocycles. The second-order valence-corrected chi connectivity index (χ2v) is 3.69. The number of hydrogen-bond acceptors (Lipinski definition) is 6. The summed E-state index contributed by atoms with van der Waals surface area (Å²) in [6.45, 7) is 1.56. The molecule has 0 aromatic carbocycles. The molecule has 0 fully saturated rings. The van der Waals surface area contributed by atoms with E-state index in [2.05, 4.69) is 20.4 Å². The molecule has 2 rings (SSSR count). The molecule has 0 unspecified atom stereocenters. The van der Waals surface area contributed by atoms with Gasteiger partial charge in [-0.3, -0.25) is 4.98 Å². The summed E-state index contributed by atoms with van der Waals surface area (Å²) in [5, 5.41) is 0. The lowest BCUT2D eigenvalue weighted by Gasteiger charge is -2.05. The van der Waals surface area contributed by atoms with Crippen LogP contribution in [-0.4, -0.2) is 15.0 Å². The third kappa shape index (κ3) is 1.79. The smallest absolute Gasteiger partial charge is 0.187 e. The van der Waals surface area contributed by atoms with Crippen molar-refractivity contribution in [3.05, 3.63) is 23.2 Å².